The van der Waals surface area contributed by atoms with E-state index in [1.54, 1.807) is 36.4 Å². The van der Waals surface area contributed by atoms with E-state index in [4.69, 9.17) is 5.73 Å². The lowest BCUT2D eigenvalue weighted by atomic mass is 10.3. The quantitative estimate of drug-likeness (QED) is 0.766. The molecule has 2 aromatic rings. The van der Waals surface area contributed by atoms with E-state index in [1.165, 1.54) is 6.07 Å². The van der Waals surface area contributed by atoms with Crippen LogP contribution in [-0.2, 0) is 10.0 Å². The SMILES string of the molecule is Nc1ccccc1S(=O)(=O)Nc1cc(Br)ccc1Br. The summed E-state index contributed by atoms with van der Waals surface area (Å²) in [7, 11) is -3.71. The average molecular weight is 406 g/mol. The van der Waals surface area contributed by atoms with E-state index in [0.717, 1.165) is 4.47 Å². The van der Waals surface area contributed by atoms with Crippen molar-refractivity contribution in [3.8, 4) is 0 Å². The molecule has 0 aliphatic rings. The molecular formula is C12H10Br2N2O2S. The Hall–Kier alpha value is -1.05. The Balaban J connectivity index is 2.43. The van der Waals surface area contributed by atoms with Crippen LogP contribution >= 0.6 is 31.9 Å². The van der Waals surface area contributed by atoms with Gasteiger partial charge in [0.2, 0.25) is 0 Å². The molecule has 0 spiro atoms. The fourth-order valence-electron chi connectivity index (χ4n) is 1.50. The molecule has 0 aliphatic carbocycles. The second kappa shape index (κ2) is 5.52. The minimum Gasteiger partial charge on any atom is -0.398 e. The van der Waals surface area contributed by atoms with Crippen LogP contribution in [0.3, 0.4) is 0 Å². The number of hydrogen-bond donors (Lipinski definition) is 2. The van der Waals surface area contributed by atoms with Crippen LogP contribution in [0.5, 0.6) is 0 Å². The predicted octanol–water partition coefficient (Wildman–Crippen LogP) is 3.59. The molecule has 0 fully saturated rings. The predicted molar refractivity (Wildman–Crippen MR) is 83.5 cm³/mol. The zero-order chi connectivity index (χ0) is 14.0. The molecule has 0 bridgehead atoms. The van der Waals surface area contributed by atoms with Gasteiger partial charge in [0.15, 0.2) is 0 Å². The van der Waals surface area contributed by atoms with Crippen molar-refractivity contribution < 1.29 is 8.42 Å². The van der Waals surface area contributed by atoms with Gasteiger partial charge >= 0.3 is 0 Å². The van der Waals surface area contributed by atoms with Gasteiger partial charge in [0.05, 0.1) is 11.4 Å². The number of para-hydroxylation sites is 1. The molecule has 7 heteroatoms. The molecule has 0 saturated heterocycles. The van der Waals surface area contributed by atoms with Gasteiger partial charge in [0, 0.05) is 8.95 Å². The molecule has 19 heavy (non-hydrogen) atoms. The van der Waals surface area contributed by atoms with Gasteiger partial charge in [-0.2, -0.15) is 0 Å². The van der Waals surface area contributed by atoms with Crippen molar-refractivity contribution in [1.82, 2.24) is 0 Å². The monoisotopic (exact) mass is 404 g/mol. The van der Waals surface area contributed by atoms with E-state index in [9.17, 15) is 8.42 Å². The standard InChI is InChI=1S/C12H10Br2N2O2S/c13-8-5-6-9(14)11(7-8)16-19(17,18)12-4-2-1-3-10(12)15/h1-7,16H,15H2. The van der Waals surface area contributed by atoms with Gasteiger partial charge in [-0.25, -0.2) is 8.42 Å². The highest BCUT2D eigenvalue weighted by Gasteiger charge is 2.18. The molecule has 0 amide bonds. The lowest BCUT2D eigenvalue weighted by molar-refractivity contribution is 0.601. The van der Waals surface area contributed by atoms with E-state index < -0.39 is 10.0 Å². The molecule has 0 heterocycles. The van der Waals surface area contributed by atoms with Gasteiger partial charge < -0.3 is 5.73 Å². The maximum absolute atomic E-state index is 12.3. The summed E-state index contributed by atoms with van der Waals surface area (Å²) in [5, 5.41) is 0. The average Bonchev–Trinajstić information content (AvgIpc) is 2.34. The highest BCUT2D eigenvalue weighted by molar-refractivity contribution is 9.11. The third-order valence-electron chi connectivity index (χ3n) is 2.38. The molecule has 0 atom stereocenters. The molecule has 4 nitrogen and oxygen atoms in total. The minimum atomic E-state index is -3.71. The number of halogens is 2. The summed E-state index contributed by atoms with van der Waals surface area (Å²) < 4.78 is 28.4. The Bertz CT molecular complexity index is 717. The zero-order valence-electron chi connectivity index (χ0n) is 9.60. The van der Waals surface area contributed by atoms with Crippen LogP contribution in [-0.4, -0.2) is 8.42 Å². The van der Waals surface area contributed by atoms with Crippen LogP contribution < -0.4 is 10.5 Å². The number of rotatable bonds is 3. The summed E-state index contributed by atoms with van der Waals surface area (Å²) in [6.07, 6.45) is 0. The molecule has 2 aromatic carbocycles. The second-order valence-electron chi connectivity index (χ2n) is 3.77. The number of nitrogen functional groups attached to an aromatic ring is 1. The molecule has 0 unspecified atom stereocenters. The molecule has 3 N–H and O–H groups in total. The molecular weight excluding hydrogens is 396 g/mol. The summed E-state index contributed by atoms with van der Waals surface area (Å²) in [6.45, 7) is 0. The normalized spacial score (nSPS) is 11.3. The van der Waals surface area contributed by atoms with E-state index >= 15 is 0 Å². The lowest BCUT2D eigenvalue weighted by Gasteiger charge is -2.11. The van der Waals surface area contributed by atoms with E-state index in [-0.39, 0.29) is 10.6 Å². The molecule has 0 aromatic heterocycles. The van der Waals surface area contributed by atoms with E-state index in [0.29, 0.717) is 10.2 Å². The van der Waals surface area contributed by atoms with Crippen molar-refractivity contribution in [2.24, 2.45) is 0 Å². The summed E-state index contributed by atoms with van der Waals surface area (Å²) in [6, 6.07) is 11.5. The minimum absolute atomic E-state index is 0.0573. The number of hydrogen-bond acceptors (Lipinski definition) is 3. The van der Waals surface area contributed by atoms with Crippen molar-refractivity contribution in [2.75, 3.05) is 10.5 Å². The fraction of sp³-hybridized carbons (Fsp3) is 0. The van der Waals surface area contributed by atoms with Gasteiger partial charge in [-0.05, 0) is 46.3 Å². The molecule has 0 aliphatic heterocycles. The smallest absolute Gasteiger partial charge is 0.263 e. The van der Waals surface area contributed by atoms with Crippen molar-refractivity contribution in [1.29, 1.82) is 0 Å². The first kappa shape index (κ1) is 14.4. The lowest BCUT2D eigenvalue weighted by Crippen LogP contribution is -2.15. The largest absolute Gasteiger partial charge is 0.398 e. The van der Waals surface area contributed by atoms with Crippen LogP contribution in [0.25, 0.3) is 0 Å². The highest BCUT2D eigenvalue weighted by atomic mass is 79.9. The van der Waals surface area contributed by atoms with Gasteiger partial charge in [0.1, 0.15) is 4.90 Å². The first-order chi connectivity index (χ1) is 8.90. The molecule has 0 radical (unpaired) electrons. The molecule has 0 saturated carbocycles. The highest BCUT2D eigenvalue weighted by Crippen LogP contribution is 2.29. The van der Waals surface area contributed by atoms with Gasteiger partial charge in [0.25, 0.3) is 10.0 Å². The van der Waals surface area contributed by atoms with Crippen molar-refractivity contribution >= 4 is 53.3 Å². The number of nitrogens with one attached hydrogen (secondary N) is 1. The molecule has 2 rings (SSSR count). The Morgan fingerprint density at radius 2 is 1.74 bits per heavy atom. The van der Waals surface area contributed by atoms with Crippen LogP contribution in [0.15, 0.2) is 56.3 Å². The van der Waals surface area contributed by atoms with Crippen LogP contribution in [0.1, 0.15) is 0 Å². The third-order valence-corrected chi connectivity index (χ3v) is 5.01. The van der Waals surface area contributed by atoms with Gasteiger partial charge in [-0.15, -0.1) is 0 Å². The summed E-state index contributed by atoms with van der Waals surface area (Å²) >= 11 is 6.59. The second-order valence-corrected chi connectivity index (χ2v) is 7.19. The van der Waals surface area contributed by atoms with E-state index in [2.05, 4.69) is 36.6 Å². The van der Waals surface area contributed by atoms with Crippen LogP contribution in [0.2, 0.25) is 0 Å². The topological polar surface area (TPSA) is 72.2 Å². The first-order valence-corrected chi connectivity index (χ1v) is 8.29. The summed E-state index contributed by atoms with van der Waals surface area (Å²) in [5.74, 6) is 0. The Morgan fingerprint density at radius 3 is 2.42 bits per heavy atom. The number of nitrogens with two attached hydrogens (primary N) is 1. The zero-order valence-corrected chi connectivity index (χ0v) is 13.6. The van der Waals surface area contributed by atoms with Crippen molar-refractivity contribution in [2.45, 2.75) is 4.90 Å². The Kier molecular flexibility index (Phi) is 4.17. The molecule has 100 valence electrons. The van der Waals surface area contributed by atoms with Gasteiger partial charge in [-0.1, -0.05) is 28.1 Å². The van der Waals surface area contributed by atoms with E-state index in [1.807, 2.05) is 0 Å². The van der Waals surface area contributed by atoms with Crippen LogP contribution in [0.4, 0.5) is 11.4 Å². The van der Waals surface area contributed by atoms with Crippen molar-refractivity contribution in [3.63, 3.8) is 0 Å². The fourth-order valence-corrected chi connectivity index (χ4v) is 3.54. The number of anilines is 2. The summed E-state index contributed by atoms with van der Waals surface area (Å²) in [5.41, 5.74) is 6.34. The van der Waals surface area contributed by atoms with Crippen molar-refractivity contribution in [3.05, 3.63) is 51.4 Å². The van der Waals surface area contributed by atoms with Gasteiger partial charge in [-0.3, -0.25) is 4.72 Å². The Morgan fingerprint density at radius 1 is 1.05 bits per heavy atom. The summed E-state index contributed by atoms with van der Waals surface area (Å²) in [4.78, 5) is 0.0573. The third kappa shape index (κ3) is 3.29. The van der Waals surface area contributed by atoms with Crippen LogP contribution in [0, 0.1) is 0 Å². The number of benzene rings is 2. The number of sulfonamides is 1. The first-order valence-electron chi connectivity index (χ1n) is 5.22. The Labute approximate surface area is 128 Å². The maximum atomic E-state index is 12.3. The maximum Gasteiger partial charge on any atom is 0.263 e.